The summed E-state index contributed by atoms with van der Waals surface area (Å²) in [5, 5.41) is 6.14. The molecule has 6 nitrogen and oxygen atoms in total. The first-order chi connectivity index (χ1) is 12.7. The molecule has 1 aliphatic rings. The summed E-state index contributed by atoms with van der Waals surface area (Å²) in [6.07, 6.45) is -2.70. The summed E-state index contributed by atoms with van der Waals surface area (Å²) in [5.41, 5.74) is 0.916. The summed E-state index contributed by atoms with van der Waals surface area (Å²) >= 11 is 0. The van der Waals surface area contributed by atoms with Crippen LogP contribution in [0.15, 0.2) is 28.8 Å². The van der Waals surface area contributed by atoms with Gasteiger partial charge in [-0.1, -0.05) is 19.0 Å². The third-order valence-electron chi connectivity index (χ3n) is 4.83. The highest BCUT2D eigenvalue weighted by Gasteiger charge is 2.38. The number of aromatic nitrogens is 2. The molecule has 0 aliphatic carbocycles. The van der Waals surface area contributed by atoms with Crippen molar-refractivity contribution in [3.05, 3.63) is 30.2 Å². The van der Waals surface area contributed by atoms with Crippen LogP contribution in [0.25, 0.3) is 11.4 Å². The summed E-state index contributed by atoms with van der Waals surface area (Å²) in [5.74, 6) is -0.286. The van der Waals surface area contributed by atoms with Gasteiger partial charge in [-0.25, -0.2) is 4.79 Å². The van der Waals surface area contributed by atoms with Gasteiger partial charge in [-0.05, 0) is 48.9 Å². The molecule has 0 spiro atoms. The number of amides is 2. The van der Waals surface area contributed by atoms with E-state index < -0.39 is 12.1 Å². The van der Waals surface area contributed by atoms with Gasteiger partial charge >= 0.3 is 18.1 Å². The van der Waals surface area contributed by atoms with Crippen molar-refractivity contribution in [1.29, 1.82) is 0 Å². The number of urea groups is 1. The molecule has 0 atom stereocenters. The Bertz CT molecular complexity index is 779. The lowest BCUT2D eigenvalue weighted by Gasteiger charge is -2.33. The quantitative estimate of drug-likeness (QED) is 0.838. The Morgan fingerprint density at radius 2 is 1.85 bits per heavy atom. The van der Waals surface area contributed by atoms with E-state index in [2.05, 4.69) is 33.8 Å². The maximum Gasteiger partial charge on any atom is 0.471 e. The molecule has 3 rings (SSSR count). The van der Waals surface area contributed by atoms with Crippen LogP contribution in [0.4, 0.5) is 23.7 Å². The van der Waals surface area contributed by atoms with Gasteiger partial charge in [-0.15, -0.1) is 0 Å². The van der Waals surface area contributed by atoms with Crippen molar-refractivity contribution < 1.29 is 22.5 Å². The number of likely N-dealkylation sites (tertiary alicyclic amines) is 1. The SMILES string of the molecule is CC(C)C1CCN(C(=O)Nc2ccc(-c3noc(C(F)(F)F)n3)cc2)CC1. The molecule has 1 fully saturated rings. The first-order valence-corrected chi connectivity index (χ1v) is 8.81. The van der Waals surface area contributed by atoms with Crippen LogP contribution in [0, 0.1) is 11.8 Å². The highest BCUT2D eigenvalue weighted by molar-refractivity contribution is 5.89. The smallest absolute Gasteiger partial charge is 0.329 e. The van der Waals surface area contributed by atoms with E-state index in [1.807, 2.05) is 0 Å². The van der Waals surface area contributed by atoms with Crippen LogP contribution in [-0.4, -0.2) is 34.2 Å². The van der Waals surface area contributed by atoms with Crippen LogP contribution in [0.5, 0.6) is 0 Å². The lowest BCUT2D eigenvalue weighted by Crippen LogP contribution is -2.41. The van der Waals surface area contributed by atoms with Gasteiger partial charge < -0.3 is 14.7 Å². The zero-order valence-corrected chi connectivity index (χ0v) is 15.1. The second-order valence-electron chi connectivity index (χ2n) is 7.00. The first-order valence-electron chi connectivity index (χ1n) is 8.81. The van der Waals surface area contributed by atoms with Crippen molar-refractivity contribution in [2.45, 2.75) is 32.9 Å². The maximum atomic E-state index is 12.5. The Morgan fingerprint density at radius 1 is 1.22 bits per heavy atom. The van der Waals surface area contributed by atoms with E-state index in [1.54, 1.807) is 17.0 Å². The average molecular weight is 382 g/mol. The average Bonchev–Trinajstić information content (AvgIpc) is 3.13. The molecule has 0 bridgehead atoms. The van der Waals surface area contributed by atoms with E-state index in [1.165, 1.54) is 12.1 Å². The largest absolute Gasteiger partial charge is 0.471 e. The summed E-state index contributed by atoms with van der Waals surface area (Å²) in [7, 11) is 0. The Balaban J connectivity index is 1.59. The molecule has 146 valence electrons. The third kappa shape index (κ3) is 4.58. The zero-order chi connectivity index (χ0) is 19.6. The van der Waals surface area contributed by atoms with E-state index in [0.29, 0.717) is 23.1 Å². The number of hydrogen-bond donors (Lipinski definition) is 1. The van der Waals surface area contributed by atoms with E-state index >= 15 is 0 Å². The molecule has 0 radical (unpaired) electrons. The summed E-state index contributed by atoms with van der Waals surface area (Å²) < 4.78 is 41.8. The number of hydrogen-bond acceptors (Lipinski definition) is 4. The minimum absolute atomic E-state index is 0.157. The van der Waals surface area contributed by atoms with Crippen molar-refractivity contribution in [2.24, 2.45) is 11.8 Å². The number of anilines is 1. The summed E-state index contributed by atoms with van der Waals surface area (Å²) in [6, 6.07) is 6.08. The fourth-order valence-corrected chi connectivity index (χ4v) is 3.13. The molecule has 9 heteroatoms. The van der Waals surface area contributed by atoms with Crippen LogP contribution < -0.4 is 5.32 Å². The third-order valence-corrected chi connectivity index (χ3v) is 4.83. The Labute approximate surface area is 154 Å². The molecule has 0 saturated carbocycles. The minimum Gasteiger partial charge on any atom is -0.329 e. The van der Waals surface area contributed by atoms with Crippen molar-refractivity contribution in [2.75, 3.05) is 18.4 Å². The molecule has 2 heterocycles. The van der Waals surface area contributed by atoms with Crippen LogP contribution in [0.2, 0.25) is 0 Å². The molecule has 1 aromatic heterocycles. The topological polar surface area (TPSA) is 71.3 Å². The van der Waals surface area contributed by atoms with Gasteiger partial charge in [-0.3, -0.25) is 0 Å². The maximum absolute atomic E-state index is 12.5. The first kappa shape index (κ1) is 19.2. The molecule has 27 heavy (non-hydrogen) atoms. The number of nitrogens with one attached hydrogen (secondary N) is 1. The lowest BCUT2D eigenvalue weighted by molar-refractivity contribution is -0.159. The Morgan fingerprint density at radius 3 is 2.37 bits per heavy atom. The fraction of sp³-hybridized carbons (Fsp3) is 0.500. The summed E-state index contributed by atoms with van der Waals surface area (Å²) in [4.78, 5) is 17.5. The monoisotopic (exact) mass is 382 g/mol. The van der Waals surface area contributed by atoms with Gasteiger partial charge in [0.25, 0.3) is 0 Å². The Kier molecular flexibility index (Phi) is 5.38. The molecule has 0 unspecified atom stereocenters. The van der Waals surface area contributed by atoms with E-state index in [4.69, 9.17) is 0 Å². The number of rotatable bonds is 3. The van der Waals surface area contributed by atoms with Gasteiger partial charge in [0.1, 0.15) is 0 Å². The van der Waals surface area contributed by atoms with E-state index in [9.17, 15) is 18.0 Å². The molecule has 1 aliphatic heterocycles. The van der Waals surface area contributed by atoms with Crippen molar-refractivity contribution in [3.8, 4) is 11.4 Å². The number of carbonyl (C=O) groups is 1. The van der Waals surface area contributed by atoms with Crippen LogP contribution in [0.3, 0.4) is 0 Å². The second kappa shape index (κ2) is 7.58. The molecular weight excluding hydrogens is 361 g/mol. The van der Waals surface area contributed by atoms with E-state index in [-0.39, 0.29) is 11.9 Å². The minimum atomic E-state index is -4.68. The fourth-order valence-electron chi connectivity index (χ4n) is 3.13. The van der Waals surface area contributed by atoms with Gasteiger partial charge in [0, 0.05) is 24.3 Å². The number of halogens is 3. The standard InChI is InChI=1S/C18H21F3N4O2/c1-11(2)12-7-9-25(10-8-12)17(26)22-14-5-3-13(4-6-14)15-23-16(27-24-15)18(19,20)21/h3-6,11-12H,7-10H2,1-2H3,(H,22,26). The molecule has 1 saturated heterocycles. The zero-order valence-electron chi connectivity index (χ0n) is 15.1. The molecular formula is C18H21F3N4O2. The van der Waals surface area contributed by atoms with E-state index in [0.717, 1.165) is 25.9 Å². The summed E-state index contributed by atoms with van der Waals surface area (Å²) in [6.45, 7) is 5.83. The highest BCUT2D eigenvalue weighted by Crippen LogP contribution is 2.30. The predicted molar refractivity (Wildman–Crippen MR) is 92.9 cm³/mol. The van der Waals surface area contributed by atoms with Crippen molar-refractivity contribution in [1.82, 2.24) is 15.0 Å². The number of alkyl halides is 3. The van der Waals surface area contributed by atoms with Crippen molar-refractivity contribution in [3.63, 3.8) is 0 Å². The van der Waals surface area contributed by atoms with Gasteiger partial charge in [0.15, 0.2) is 0 Å². The highest BCUT2D eigenvalue weighted by atomic mass is 19.4. The molecule has 1 N–H and O–H groups in total. The predicted octanol–water partition coefficient (Wildman–Crippen LogP) is 4.66. The van der Waals surface area contributed by atoms with Gasteiger partial charge in [0.2, 0.25) is 5.82 Å². The number of benzene rings is 1. The Hall–Kier alpha value is -2.58. The van der Waals surface area contributed by atoms with Crippen LogP contribution >= 0.6 is 0 Å². The normalized spacial score (nSPS) is 16.0. The molecule has 2 amide bonds. The van der Waals surface area contributed by atoms with Crippen LogP contribution in [-0.2, 0) is 6.18 Å². The number of piperidine rings is 1. The van der Waals surface area contributed by atoms with Crippen molar-refractivity contribution >= 4 is 11.7 Å². The van der Waals surface area contributed by atoms with Crippen LogP contribution in [0.1, 0.15) is 32.6 Å². The lowest BCUT2D eigenvalue weighted by atomic mass is 9.87. The number of nitrogens with zero attached hydrogens (tertiary/aromatic N) is 3. The molecule has 1 aromatic carbocycles. The second-order valence-corrected chi connectivity index (χ2v) is 7.00. The number of carbonyl (C=O) groups excluding carboxylic acids is 1. The van der Waals surface area contributed by atoms with Gasteiger partial charge in [-0.2, -0.15) is 18.2 Å². The molecule has 2 aromatic rings. The van der Waals surface area contributed by atoms with Gasteiger partial charge in [0.05, 0.1) is 0 Å².